The molecule has 0 bridgehead atoms. The molecule has 0 unspecified atom stereocenters. The van der Waals surface area contributed by atoms with Crippen molar-refractivity contribution in [2.45, 2.75) is 5.92 Å². The van der Waals surface area contributed by atoms with E-state index in [1.54, 1.807) is 0 Å². The van der Waals surface area contributed by atoms with E-state index < -0.39 is 5.97 Å². The number of hydrogen-bond acceptors (Lipinski definition) is 3. The summed E-state index contributed by atoms with van der Waals surface area (Å²) in [4.78, 5) is 12.0. The van der Waals surface area contributed by atoms with Gasteiger partial charge in [0.2, 0.25) is 0 Å². The maximum atomic E-state index is 10.9. The molecule has 2 atom stereocenters. The highest BCUT2D eigenvalue weighted by Gasteiger charge is 2.34. The van der Waals surface area contributed by atoms with Crippen LogP contribution in [0.25, 0.3) is 0 Å². The van der Waals surface area contributed by atoms with Gasteiger partial charge in [0.25, 0.3) is 0 Å². The van der Waals surface area contributed by atoms with Crippen molar-refractivity contribution in [3.8, 4) is 0 Å². The average Bonchev–Trinajstić information content (AvgIpc) is 2.70. The van der Waals surface area contributed by atoms with Crippen LogP contribution in [0.15, 0.2) is 12.1 Å². The topological polar surface area (TPSA) is 49.3 Å². The molecule has 5 heteroatoms. The zero-order valence-electron chi connectivity index (χ0n) is 7.37. The summed E-state index contributed by atoms with van der Waals surface area (Å²) in [6.07, 6.45) is 0. The summed E-state index contributed by atoms with van der Waals surface area (Å²) in [6, 6.07) is 3.74. The number of aliphatic carboxylic acids is 1. The molecule has 14 heavy (non-hydrogen) atoms. The van der Waals surface area contributed by atoms with Crippen molar-refractivity contribution < 1.29 is 9.90 Å². The van der Waals surface area contributed by atoms with Crippen LogP contribution < -0.4 is 5.32 Å². The molecule has 1 fully saturated rings. The smallest absolute Gasteiger partial charge is 0.308 e. The van der Waals surface area contributed by atoms with Crippen molar-refractivity contribution in [2.24, 2.45) is 5.92 Å². The van der Waals surface area contributed by atoms with Crippen molar-refractivity contribution in [1.82, 2.24) is 5.32 Å². The summed E-state index contributed by atoms with van der Waals surface area (Å²) < 4.78 is 0.719. The molecule has 0 radical (unpaired) electrons. The van der Waals surface area contributed by atoms with Gasteiger partial charge in [0.05, 0.1) is 10.3 Å². The van der Waals surface area contributed by atoms with Crippen LogP contribution >= 0.6 is 22.9 Å². The highest BCUT2D eigenvalue weighted by molar-refractivity contribution is 7.16. The number of nitrogens with one attached hydrogen (secondary N) is 1. The summed E-state index contributed by atoms with van der Waals surface area (Å²) in [5.74, 6) is -0.973. The van der Waals surface area contributed by atoms with Gasteiger partial charge in [-0.15, -0.1) is 11.3 Å². The number of carboxylic acids is 1. The minimum absolute atomic E-state index is 0.0741. The summed E-state index contributed by atoms with van der Waals surface area (Å²) in [6.45, 7) is 1.28. The van der Waals surface area contributed by atoms with Crippen LogP contribution in [-0.2, 0) is 4.79 Å². The van der Waals surface area contributed by atoms with Gasteiger partial charge in [0.1, 0.15) is 0 Å². The van der Waals surface area contributed by atoms with Gasteiger partial charge in [0.15, 0.2) is 0 Å². The van der Waals surface area contributed by atoms with E-state index in [9.17, 15) is 4.79 Å². The van der Waals surface area contributed by atoms with Gasteiger partial charge in [-0.25, -0.2) is 0 Å². The second kappa shape index (κ2) is 3.88. The van der Waals surface area contributed by atoms with E-state index in [0.29, 0.717) is 6.54 Å². The Morgan fingerprint density at radius 2 is 2.36 bits per heavy atom. The van der Waals surface area contributed by atoms with E-state index in [1.807, 2.05) is 12.1 Å². The van der Waals surface area contributed by atoms with Gasteiger partial charge in [-0.3, -0.25) is 4.79 Å². The van der Waals surface area contributed by atoms with Gasteiger partial charge < -0.3 is 10.4 Å². The molecule has 1 aliphatic heterocycles. The molecular formula is C9H10ClNO2S. The fourth-order valence-electron chi connectivity index (χ4n) is 1.76. The molecule has 0 saturated carbocycles. The second-order valence-corrected chi connectivity index (χ2v) is 5.10. The molecule has 0 aromatic carbocycles. The highest BCUT2D eigenvalue weighted by atomic mass is 35.5. The van der Waals surface area contributed by atoms with Gasteiger partial charge >= 0.3 is 5.97 Å². The van der Waals surface area contributed by atoms with E-state index in [2.05, 4.69) is 5.32 Å². The lowest BCUT2D eigenvalue weighted by atomic mass is 9.95. The third-order valence-electron chi connectivity index (χ3n) is 2.49. The largest absolute Gasteiger partial charge is 0.481 e. The first-order valence-electron chi connectivity index (χ1n) is 4.37. The average molecular weight is 232 g/mol. The predicted molar refractivity (Wildman–Crippen MR) is 56.1 cm³/mol. The lowest BCUT2D eigenvalue weighted by Crippen LogP contribution is -2.20. The van der Waals surface area contributed by atoms with Crippen LogP contribution in [0.1, 0.15) is 10.8 Å². The van der Waals surface area contributed by atoms with Crippen molar-refractivity contribution >= 4 is 28.9 Å². The van der Waals surface area contributed by atoms with Crippen LogP contribution in [-0.4, -0.2) is 24.2 Å². The molecule has 0 aliphatic carbocycles. The molecular weight excluding hydrogens is 222 g/mol. The lowest BCUT2D eigenvalue weighted by Gasteiger charge is -2.11. The van der Waals surface area contributed by atoms with E-state index in [1.165, 1.54) is 11.3 Å². The Bertz CT molecular complexity index is 352. The minimum Gasteiger partial charge on any atom is -0.481 e. The third kappa shape index (κ3) is 1.78. The first kappa shape index (κ1) is 9.96. The molecule has 3 nitrogen and oxygen atoms in total. The zero-order valence-corrected chi connectivity index (χ0v) is 8.94. The summed E-state index contributed by atoms with van der Waals surface area (Å²) >= 11 is 7.29. The predicted octanol–water partition coefficient (Wildman–Crippen LogP) is 1.79. The Kier molecular flexibility index (Phi) is 2.76. The van der Waals surface area contributed by atoms with E-state index in [4.69, 9.17) is 16.7 Å². The minimum atomic E-state index is -0.732. The number of halogens is 1. The van der Waals surface area contributed by atoms with Crippen LogP contribution in [0, 0.1) is 5.92 Å². The van der Waals surface area contributed by atoms with Gasteiger partial charge in [-0.05, 0) is 12.1 Å². The van der Waals surface area contributed by atoms with Crippen LogP contribution in [0.3, 0.4) is 0 Å². The fourth-order valence-corrected chi connectivity index (χ4v) is 2.99. The van der Waals surface area contributed by atoms with E-state index in [-0.39, 0.29) is 11.8 Å². The Hall–Kier alpha value is -0.580. The SMILES string of the molecule is O=C(O)[C@@H]1CNC[C@@H]1c1ccc(Cl)s1. The van der Waals surface area contributed by atoms with E-state index in [0.717, 1.165) is 15.8 Å². The van der Waals surface area contributed by atoms with Gasteiger partial charge in [0, 0.05) is 23.9 Å². The van der Waals surface area contributed by atoms with Crippen molar-refractivity contribution in [2.75, 3.05) is 13.1 Å². The standard InChI is InChI=1S/C9H10ClNO2S/c10-8-2-1-7(14-8)5-3-11-4-6(5)9(12)13/h1-2,5-6,11H,3-4H2,(H,12,13)/t5-,6+/m0/s1. The monoisotopic (exact) mass is 231 g/mol. The maximum Gasteiger partial charge on any atom is 0.308 e. The number of carbonyl (C=O) groups is 1. The van der Waals surface area contributed by atoms with Crippen molar-refractivity contribution in [3.05, 3.63) is 21.3 Å². The molecule has 2 N–H and O–H groups in total. The summed E-state index contributed by atoms with van der Waals surface area (Å²) in [5.41, 5.74) is 0. The Morgan fingerprint density at radius 1 is 1.57 bits per heavy atom. The zero-order chi connectivity index (χ0) is 10.1. The number of rotatable bonds is 2. The maximum absolute atomic E-state index is 10.9. The molecule has 2 heterocycles. The number of thiophene rings is 1. The first-order chi connectivity index (χ1) is 6.68. The van der Waals surface area contributed by atoms with Crippen molar-refractivity contribution in [1.29, 1.82) is 0 Å². The van der Waals surface area contributed by atoms with Crippen LogP contribution in [0.2, 0.25) is 4.34 Å². The molecule has 0 amide bonds. The van der Waals surface area contributed by atoms with Crippen molar-refractivity contribution in [3.63, 3.8) is 0 Å². The summed E-state index contributed by atoms with van der Waals surface area (Å²) in [7, 11) is 0. The number of hydrogen-bond donors (Lipinski definition) is 2. The lowest BCUT2D eigenvalue weighted by molar-refractivity contribution is -0.141. The normalized spacial score (nSPS) is 26.6. The molecule has 1 aromatic rings. The van der Waals surface area contributed by atoms with Gasteiger partial charge in [-0.2, -0.15) is 0 Å². The molecule has 1 aromatic heterocycles. The molecule has 1 aliphatic rings. The molecule has 76 valence electrons. The summed E-state index contributed by atoms with van der Waals surface area (Å²) in [5, 5.41) is 12.1. The first-order valence-corrected chi connectivity index (χ1v) is 5.56. The molecule has 0 spiro atoms. The Labute approximate surface area is 90.7 Å². The Balaban J connectivity index is 2.21. The van der Waals surface area contributed by atoms with E-state index >= 15 is 0 Å². The number of carboxylic acid groups (broad SMARTS) is 1. The molecule has 2 rings (SSSR count). The van der Waals surface area contributed by atoms with Gasteiger partial charge in [-0.1, -0.05) is 11.6 Å². The highest BCUT2D eigenvalue weighted by Crippen LogP contribution is 2.34. The fraction of sp³-hybridized carbons (Fsp3) is 0.444. The quantitative estimate of drug-likeness (QED) is 0.816. The molecule has 1 saturated heterocycles. The van der Waals surface area contributed by atoms with Crippen LogP contribution in [0.4, 0.5) is 0 Å². The second-order valence-electron chi connectivity index (χ2n) is 3.35. The van der Waals surface area contributed by atoms with Crippen LogP contribution in [0.5, 0.6) is 0 Å². The third-order valence-corrected chi connectivity index (χ3v) is 3.85. The Morgan fingerprint density at radius 3 is 2.93 bits per heavy atom.